The Morgan fingerprint density at radius 3 is 2.13 bits per heavy atom. The van der Waals surface area contributed by atoms with Gasteiger partial charge >= 0.3 is 0 Å². The molecule has 0 unspecified atom stereocenters. The second-order valence-electron chi connectivity index (χ2n) is 11.6. The van der Waals surface area contributed by atoms with Gasteiger partial charge in [0.2, 0.25) is 13.6 Å². The molecule has 1 aromatic heterocycles. The quantitative estimate of drug-likeness (QED) is 0.124. The van der Waals surface area contributed by atoms with Gasteiger partial charge in [0.25, 0.3) is 0 Å². The maximum Gasteiger partial charge on any atom is 0.231 e. The lowest BCUT2D eigenvalue weighted by Gasteiger charge is -2.25. The van der Waals surface area contributed by atoms with Crippen molar-refractivity contribution in [3.05, 3.63) is 113 Å². The molecule has 7 rings (SSSR count). The minimum absolute atomic E-state index is 0.246. The maximum atomic E-state index is 11.2. The van der Waals surface area contributed by atoms with Crippen LogP contribution < -0.4 is 18.9 Å². The van der Waals surface area contributed by atoms with Crippen molar-refractivity contribution in [2.75, 3.05) is 20.1 Å². The van der Waals surface area contributed by atoms with Gasteiger partial charge in [0, 0.05) is 37.3 Å². The third-order valence-electron chi connectivity index (χ3n) is 8.46. The highest BCUT2D eigenvalue weighted by Crippen LogP contribution is 2.36. The number of ether oxygens (including phenoxy) is 4. The number of nitrogens with zero attached hydrogens (tertiary/aromatic N) is 4. The molecule has 9 nitrogen and oxygen atoms in total. The summed E-state index contributed by atoms with van der Waals surface area (Å²) in [7, 11) is 0. The second kappa shape index (κ2) is 13.5. The molecule has 5 aromatic rings. The van der Waals surface area contributed by atoms with Gasteiger partial charge < -0.3 is 23.5 Å². The lowest BCUT2D eigenvalue weighted by Crippen LogP contribution is -2.27. The number of nitroso groups, excluding NO2 is 1. The van der Waals surface area contributed by atoms with Crippen LogP contribution in [0.3, 0.4) is 0 Å². The summed E-state index contributed by atoms with van der Waals surface area (Å²) in [6, 6.07) is 30.1. The van der Waals surface area contributed by atoms with E-state index in [-0.39, 0.29) is 13.6 Å². The van der Waals surface area contributed by atoms with Crippen LogP contribution in [-0.2, 0) is 26.1 Å². The summed E-state index contributed by atoms with van der Waals surface area (Å²) in [5, 5.41) is 3.10. The number of benzene rings is 4. The normalized spacial score (nSPS) is 13.0. The van der Waals surface area contributed by atoms with Crippen LogP contribution in [0.25, 0.3) is 22.6 Å². The standard InChI is InChI=1S/C37H36N4O5/c1-2-3-18-41-31(36(28-7-5-4-6-8-28)38-37(41)29-11-13-30(39-42)14-12-29)23-40(22-27-10-16-33-35(21-27)46-25-44-33)19-17-26-9-15-32-34(20-26)45-24-43-32/h4-16,20-21H,2-3,17-19,22-25H2,1H3. The SMILES string of the molecule is CCCCn1c(-c2ccc(N=O)cc2)nc(-c2ccccc2)c1CN(CCc1ccc2c(c1)OCO2)Cc1ccc2c(c1)OCO2. The zero-order chi connectivity index (χ0) is 31.3. The van der Waals surface area contributed by atoms with Crippen molar-refractivity contribution in [2.45, 2.75) is 45.8 Å². The molecule has 9 heteroatoms. The zero-order valence-corrected chi connectivity index (χ0v) is 25.9. The van der Waals surface area contributed by atoms with Gasteiger partial charge in [-0.1, -0.05) is 55.8 Å². The van der Waals surface area contributed by atoms with Crippen LogP contribution in [0.2, 0.25) is 0 Å². The molecule has 0 radical (unpaired) electrons. The van der Waals surface area contributed by atoms with Crippen LogP contribution in [-0.4, -0.2) is 34.6 Å². The van der Waals surface area contributed by atoms with Gasteiger partial charge in [-0.2, -0.15) is 0 Å². The van der Waals surface area contributed by atoms with Crippen molar-refractivity contribution in [3.8, 4) is 45.6 Å². The number of imidazole rings is 1. The zero-order valence-electron chi connectivity index (χ0n) is 25.9. The van der Waals surface area contributed by atoms with E-state index in [0.717, 1.165) is 89.3 Å². The molecule has 0 fully saturated rings. The Morgan fingerprint density at radius 2 is 1.43 bits per heavy atom. The molecule has 2 aliphatic heterocycles. The lowest BCUT2D eigenvalue weighted by molar-refractivity contribution is 0.173. The summed E-state index contributed by atoms with van der Waals surface area (Å²) >= 11 is 0. The molecule has 4 aromatic carbocycles. The van der Waals surface area contributed by atoms with Crippen LogP contribution in [0.5, 0.6) is 23.0 Å². The number of unbranched alkanes of at least 4 members (excludes halogenated alkanes) is 1. The van der Waals surface area contributed by atoms with Gasteiger partial charge in [0.1, 0.15) is 11.5 Å². The van der Waals surface area contributed by atoms with Crippen molar-refractivity contribution < 1.29 is 18.9 Å². The third-order valence-corrected chi connectivity index (χ3v) is 8.46. The molecule has 0 spiro atoms. The van der Waals surface area contributed by atoms with E-state index < -0.39 is 0 Å². The number of hydrogen-bond acceptors (Lipinski definition) is 8. The van der Waals surface area contributed by atoms with Gasteiger partial charge in [-0.15, -0.1) is 4.91 Å². The van der Waals surface area contributed by atoms with E-state index in [1.807, 2.05) is 30.3 Å². The summed E-state index contributed by atoms with van der Waals surface area (Å²) < 4.78 is 24.9. The summed E-state index contributed by atoms with van der Waals surface area (Å²) in [5.41, 5.74) is 6.87. The predicted molar refractivity (Wildman–Crippen MR) is 176 cm³/mol. The lowest BCUT2D eigenvalue weighted by atomic mass is 10.1. The van der Waals surface area contributed by atoms with Gasteiger partial charge in [0.05, 0.1) is 11.4 Å². The van der Waals surface area contributed by atoms with Crippen LogP contribution in [0, 0.1) is 4.91 Å². The number of aromatic nitrogens is 2. The second-order valence-corrected chi connectivity index (χ2v) is 11.6. The van der Waals surface area contributed by atoms with Gasteiger partial charge in [-0.25, -0.2) is 4.98 Å². The Morgan fingerprint density at radius 1 is 0.761 bits per heavy atom. The first-order chi connectivity index (χ1) is 22.7. The Labute approximate surface area is 268 Å². The van der Waals surface area contributed by atoms with Crippen molar-refractivity contribution in [1.29, 1.82) is 0 Å². The molecule has 0 bridgehead atoms. The van der Waals surface area contributed by atoms with Crippen LogP contribution in [0.1, 0.15) is 36.6 Å². The number of fused-ring (bicyclic) bond motifs is 2. The van der Waals surface area contributed by atoms with E-state index in [0.29, 0.717) is 18.8 Å². The first-order valence-corrected chi connectivity index (χ1v) is 15.8. The molecule has 0 amide bonds. The molecule has 0 N–H and O–H groups in total. The fraction of sp³-hybridized carbons (Fsp3) is 0.270. The molecule has 0 aliphatic carbocycles. The van der Waals surface area contributed by atoms with Crippen molar-refractivity contribution >= 4 is 5.69 Å². The highest BCUT2D eigenvalue weighted by atomic mass is 16.7. The maximum absolute atomic E-state index is 11.2. The van der Waals surface area contributed by atoms with Gasteiger partial charge in [0.15, 0.2) is 23.0 Å². The minimum atomic E-state index is 0.246. The van der Waals surface area contributed by atoms with Crippen LogP contribution >= 0.6 is 0 Å². The van der Waals surface area contributed by atoms with E-state index in [1.54, 1.807) is 12.1 Å². The Bertz CT molecular complexity index is 1820. The Balaban J connectivity index is 1.27. The smallest absolute Gasteiger partial charge is 0.231 e. The summed E-state index contributed by atoms with van der Waals surface area (Å²) in [4.78, 5) is 18.9. The summed E-state index contributed by atoms with van der Waals surface area (Å²) in [6.45, 7) is 5.73. The van der Waals surface area contributed by atoms with Crippen molar-refractivity contribution in [2.24, 2.45) is 5.18 Å². The monoisotopic (exact) mass is 616 g/mol. The first kappa shape index (κ1) is 29.6. The molecule has 2 aliphatic rings. The highest BCUT2D eigenvalue weighted by Gasteiger charge is 2.23. The Kier molecular flexibility index (Phi) is 8.65. The van der Waals surface area contributed by atoms with Gasteiger partial charge in [-0.05, 0) is 77.7 Å². The molecular formula is C37H36N4O5. The molecule has 234 valence electrons. The van der Waals surface area contributed by atoms with Crippen molar-refractivity contribution in [1.82, 2.24) is 14.5 Å². The van der Waals surface area contributed by atoms with E-state index in [4.69, 9.17) is 23.9 Å². The van der Waals surface area contributed by atoms with E-state index in [9.17, 15) is 4.91 Å². The highest BCUT2D eigenvalue weighted by molar-refractivity contribution is 5.69. The Hall–Kier alpha value is -5.15. The fourth-order valence-corrected chi connectivity index (χ4v) is 6.03. The molecule has 0 atom stereocenters. The van der Waals surface area contributed by atoms with Gasteiger partial charge in [-0.3, -0.25) is 4.90 Å². The average Bonchev–Trinajstić information content (AvgIpc) is 3.85. The third kappa shape index (κ3) is 6.32. The molecule has 0 saturated heterocycles. The molecule has 0 saturated carbocycles. The average molecular weight is 617 g/mol. The predicted octanol–water partition coefficient (Wildman–Crippen LogP) is 8.12. The number of hydrogen-bond donors (Lipinski definition) is 0. The van der Waals surface area contributed by atoms with Crippen LogP contribution in [0.15, 0.2) is 96.2 Å². The molecule has 46 heavy (non-hydrogen) atoms. The molecule has 3 heterocycles. The summed E-state index contributed by atoms with van der Waals surface area (Å²) in [5.74, 6) is 4.03. The number of rotatable bonds is 13. The van der Waals surface area contributed by atoms with E-state index in [1.165, 1.54) is 5.56 Å². The topological polar surface area (TPSA) is 87.4 Å². The van der Waals surface area contributed by atoms with Crippen LogP contribution in [0.4, 0.5) is 5.69 Å². The minimum Gasteiger partial charge on any atom is -0.454 e. The van der Waals surface area contributed by atoms with Crippen molar-refractivity contribution in [3.63, 3.8) is 0 Å². The van der Waals surface area contributed by atoms with E-state index >= 15 is 0 Å². The first-order valence-electron chi connectivity index (χ1n) is 15.8. The summed E-state index contributed by atoms with van der Waals surface area (Å²) in [6.07, 6.45) is 2.90. The molecular weight excluding hydrogens is 580 g/mol. The largest absolute Gasteiger partial charge is 0.454 e. The van der Waals surface area contributed by atoms with E-state index in [2.05, 4.69) is 70.1 Å². The fourth-order valence-electron chi connectivity index (χ4n) is 6.03.